The third-order valence-corrected chi connectivity index (χ3v) is 4.41. The number of aryl methyl sites for hydroxylation is 1. The summed E-state index contributed by atoms with van der Waals surface area (Å²) in [5.41, 5.74) is 0.990. The summed E-state index contributed by atoms with van der Waals surface area (Å²) in [5.74, 6) is 0.133. The number of nitrogens with zero attached hydrogens (tertiary/aromatic N) is 1. The molecule has 126 valence electrons. The van der Waals surface area contributed by atoms with E-state index in [1.54, 1.807) is 19.1 Å². The van der Waals surface area contributed by atoms with Crippen molar-refractivity contribution in [3.63, 3.8) is 0 Å². The Labute approximate surface area is 136 Å². The van der Waals surface area contributed by atoms with Crippen LogP contribution in [-0.4, -0.2) is 55.7 Å². The van der Waals surface area contributed by atoms with Crippen molar-refractivity contribution in [2.45, 2.75) is 12.8 Å². The fraction of sp³-hybridized carbons (Fsp3) is 0.529. The molecule has 2 rings (SSSR count). The van der Waals surface area contributed by atoms with E-state index >= 15 is 0 Å². The van der Waals surface area contributed by atoms with Gasteiger partial charge in [-0.1, -0.05) is 18.2 Å². The zero-order valence-corrected chi connectivity index (χ0v) is 13.6. The number of rotatable bonds is 6. The highest BCUT2D eigenvalue weighted by Crippen LogP contribution is 2.25. The Morgan fingerprint density at radius 1 is 1.35 bits per heavy atom. The summed E-state index contributed by atoms with van der Waals surface area (Å²) in [4.78, 5) is 25.9. The predicted molar refractivity (Wildman–Crippen MR) is 86.0 cm³/mol. The second kappa shape index (κ2) is 7.97. The van der Waals surface area contributed by atoms with Crippen molar-refractivity contribution < 1.29 is 19.4 Å². The third-order valence-electron chi connectivity index (χ3n) is 4.41. The number of nitrogens with one attached hydrogen (secondary N) is 1. The van der Waals surface area contributed by atoms with Crippen LogP contribution >= 0.6 is 0 Å². The molecule has 1 aromatic carbocycles. The summed E-state index contributed by atoms with van der Waals surface area (Å²) < 4.78 is 5.29. The lowest BCUT2D eigenvalue weighted by Crippen LogP contribution is -2.34. The van der Waals surface area contributed by atoms with Crippen molar-refractivity contribution in [3.05, 3.63) is 29.8 Å². The number of carbonyl (C=O) groups excluding carboxylic acids is 2. The molecule has 2 N–H and O–H groups in total. The first kappa shape index (κ1) is 17.3. The monoisotopic (exact) mass is 320 g/mol. The minimum absolute atomic E-state index is 0.000703. The summed E-state index contributed by atoms with van der Waals surface area (Å²) in [6.07, 6.45) is 0.951. The van der Waals surface area contributed by atoms with Crippen molar-refractivity contribution in [1.29, 1.82) is 0 Å². The molecule has 0 unspecified atom stereocenters. The lowest BCUT2D eigenvalue weighted by atomic mass is 9.96. The van der Waals surface area contributed by atoms with Crippen molar-refractivity contribution in [2.75, 3.05) is 33.9 Å². The lowest BCUT2D eigenvalue weighted by Gasteiger charge is -2.16. The maximum Gasteiger partial charge on any atom is 0.225 e. The van der Waals surface area contributed by atoms with Crippen LogP contribution in [0.3, 0.4) is 0 Å². The van der Waals surface area contributed by atoms with Gasteiger partial charge in [0.25, 0.3) is 0 Å². The number of hydrogen-bond donors (Lipinski definition) is 2. The highest BCUT2D eigenvalue weighted by Gasteiger charge is 2.38. The second-order valence-corrected chi connectivity index (χ2v) is 5.77. The van der Waals surface area contributed by atoms with Gasteiger partial charge >= 0.3 is 0 Å². The summed E-state index contributed by atoms with van der Waals surface area (Å²) >= 11 is 0. The average Bonchev–Trinajstić information content (AvgIpc) is 3.03. The van der Waals surface area contributed by atoms with Gasteiger partial charge in [0, 0.05) is 39.1 Å². The molecule has 0 aliphatic carbocycles. The first-order chi connectivity index (χ1) is 11.1. The first-order valence-corrected chi connectivity index (χ1v) is 7.82. The molecule has 2 atom stereocenters. The third kappa shape index (κ3) is 4.01. The largest absolute Gasteiger partial charge is 0.496 e. The molecule has 0 saturated carbocycles. The normalized spacial score (nSPS) is 20.4. The number of aliphatic hydroxyl groups is 1. The number of carbonyl (C=O) groups is 2. The molecule has 0 radical (unpaired) electrons. The summed E-state index contributed by atoms with van der Waals surface area (Å²) in [5, 5.41) is 12.0. The zero-order chi connectivity index (χ0) is 16.8. The second-order valence-electron chi connectivity index (χ2n) is 5.77. The van der Waals surface area contributed by atoms with Gasteiger partial charge in [0.2, 0.25) is 11.8 Å². The van der Waals surface area contributed by atoms with E-state index in [9.17, 15) is 14.7 Å². The molecule has 0 aromatic heterocycles. The van der Waals surface area contributed by atoms with Crippen LogP contribution < -0.4 is 10.1 Å². The van der Waals surface area contributed by atoms with Gasteiger partial charge in [-0.25, -0.2) is 0 Å². The molecule has 0 spiro atoms. The van der Waals surface area contributed by atoms with Gasteiger partial charge in [0.1, 0.15) is 5.75 Å². The van der Waals surface area contributed by atoms with Gasteiger partial charge in [-0.05, 0) is 18.1 Å². The van der Waals surface area contributed by atoms with E-state index in [1.807, 2.05) is 24.3 Å². The standard InChI is InChI=1S/C17H24N2O4/c1-18-17(22)14-10-19(9-13(14)11-20)16(21)8-7-12-5-3-4-6-15(12)23-2/h3-6,13-14,20H,7-11H2,1-2H3,(H,18,22)/t13-,14+/m0/s1. The molecule has 1 fully saturated rings. The van der Waals surface area contributed by atoms with Crippen LogP contribution in [0.25, 0.3) is 0 Å². The maximum atomic E-state index is 12.4. The molecule has 6 heteroatoms. The van der Waals surface area contributed by atoms with Gasteiger partial charge in [0.05, 0.1) is 13.0 Å². The number of hydrogen-bond acceptors (Lipinski definition) is 4. The van der Waals surface area contributed by atoms with Crippen molar-refractivity contribution in [2.24, 2.45) is 11.8 Å². The van der Waals surface area contributed by atoms with Gasteiger partial charge in [0.15, 0.2) is 0 Å². The van der Waals surface area contributed by atoms with Crippen molar-refractivity contribution >= 4 is 11.8 Å². The Hall–Kier alpha value is -2.08. The highest BCUT2D eigenvalue weighted by atomic mass is 16.5. The molecule has 1 aliphatic rings. The van der Waals surface area contributed by atoms with Gasteiger partial charge in [-0.2, -0.15) is 0 Å². The quantitative estimate of drug-likeness (QED) is 0.797. The minimum atomic E-state index is -0.333. The molecule has 6 nitrogen and oxygen atoms in total. The van der Waals surface area contributed by atoms with Crippen LogP contribution in [-0.2, 0) is 16.0 Å². The summed E-state index contributed by atoms with van der Waals surface area (Å²) in [6, 6.07) is 7.63. The Morgan fingerprint density at radius 2 is 2.09 bits per heavy atom. The van der Waals surface area contributed by atoms with Crippen molar-refractivity contribution in [3.8, 4) is 5.75 Å². The molecule has 23 heavy (non-hydrogen) atoms. The number of amides is 2. The zero-order valence-electron chi connectivity index (χ0n) is 13.6. The van der Waals surface area contributed by atoms with Gasteiger partial charge < -0.3 is 20.1 Å². The Bertz CT molecular complexity index is 561. The summed E-state index contributed by atoms with van der Waals surface area (Å²) in [6.45, 7) is 0.712. The fourth-order valence-electron chi connectivity index (χ4n) is 3.05. The topological polar surface area (TPSA) is 78.9 Å². The molecule has 0 bridgehead atoms. The Balaban J connectivity index is 1.95. The minimum Gasteiger partial charge on any atom is -0.496 e. The Morgan fingerprint density at radius 3 is 2.74 bits per heavy atom. The van der Waals surface area contributed by atoms with Crippen LogP contribution in [0, 0.1) is 11.8 Å². The number of methoxy groups -OCH3 is 1. The summed E-state index contributed by atoms with van der Waals surface area (Å²) in [7, 11) is 3.18. The van der Waals surface area contributed by atoms with Crippen LogP contribution in [0.1, 0.15) is 12.0 Å². The van der Waals surface area contributed by atoms with Crippen molar-refractivity contribution in [1.82, 2.24) is 10.2 Å². The number of para-hydroxylation sites is 1. The molecule has 2 amide bonds. The number of likely N-dealkylation sites (tertiary alicyclic amines) is 1. The molecule has 1 aliphatic heterocycles. The van der Waals surface area contributed by atoms with Crippen LogP contribution in [0.4, 0.5) is 0 Å². The van der Waals surface area contributed by atoms with E-state index in [4.69, 9.17) is 4.74 Å². The smallest absolute Gasteiger partial charge is 0.225 e. The number of ether oxygens (including phenoxy) is 1. The SMILES string of the molecule is CNC(=O)[C@@H]1CN(C(=O)CCc2ccccc2OC)C[C@H]1CO. The number of benzene rings is 1. The molecule has 1 aromatic rings. The van der Waals surface area contributed by atoms with E-state index < -0.39 is 0 Å². The molecule has 1 saturated heterocycles. The molecule has 1 heterocycles. The lowest BCUT2D eigenvalue weighted by molar-refractivity contribution is -0.130. The van der Waals surface area contributed by atoms with Crippen LogP contribution in [0.2, 0.25) is 0 Å². The van der Waals surface area contributed by atoms with E-state index in [-0.39, 0.29) is 30.3 Å². The van der Waals surface area contributed by atoms with Crippen LogP contribution in [0.5, 0.6) is 5.75 Å². The van der Waals surface area contributed by atoms with Gasteiger partial charge in [-0.15, -0.1) is 0 Å². The molecular weight excluding hydrogens is 296 g/mol. The maximum absolute atomic E-state index is 12.4. The Kier molecular flexibility index (Phi) is 5.98. The average molecular weight is 320 g/mol. The van der Waals surface area contributed by atoms with E-state index in [0.717, 1.165) is 11.3 Å². The molecular formula is C17H24N2O4. The van der Waals surface area contributed by atoms with E-state index in [1.165, 1.54) is 0 Å². The first-order valence-electron chi connectivity index (χ1n) is 7.82. The fourth-order valence-corrected chi connectivity index (χ4v) is 3.05. The number of aliphatic hydroxyl groups excluding tert-OH is 1. The van der Waals surface area contributed by atoms with Crippen LogP contribution in [0.15, 0.2) is 24.3 Å². The predicted octanol–water partition coefficient (Wildman–Crippen LogP) is 0.441. The highest BCUT2D eigenvalue weighted by molar-refractivity contribution is 5.82. The van der Waals surface area contributed by atoms with E-state index in [0.29, 0.717) is 25.9 Å². The van der Waals surface area contributed by atoms with E-state index in [2.05, 4.69) is 5.32 Å². The van der Waals surface area contributed by atoms with Gasteiger partial charge in [-0.3, -0.25) is 9.59 Å².